The second-order valence-electron chi connectivity index (χ2n) is 3.05. The second-order valence-corrected chi connectivity index (χ2v) is 5.56. The van der Waals surface area contributed by atoms with Crippen LogP contribution in [0.5, 0.6) is 0 Å². The van der Waals surface area contributed by atoms with Crippen LogP contribution >= 0.6 is 42.6 Å². The summed E-state index contributed by atoms with van der Waals surface area (Å²) in [4.78, 5) is 0. The molecule has 0 bridgehead atoms. The van der Waals surface area contributed by atoms with Crippen molar-refractivity contribution in [1.29, 1.82) is 0 Å². The van der Waals surface area contributed by atoms with E-state index in [1.54, 1.807) is 12.2 Å². The number of hydrogen-bond donors (Lipinski definition) is 0. The zero-order chi connectivity index (χ0) is 15.2. The molecule has 0 radical (unpaired) electrons. The van der Waals surface area contributed by atoms with Gasteiger partial charge in [-0.2, -0.15) is 4.57 Å². The van der Waals surface area contributed by atoms with Gasteiger partial charge in [0.25, 0.3) is 0 Å². The summed E-state index contributed by atoms with van der Waals surface area (Å²) in [5.41, 5.74) is 1.27. The summed E-state index contributed by atoms with van der Waals surface area (Å²) in [6, 6.07) is 4.47. The summed E-state index contributed by atoms with van der Waals surface area (Å²) in [6.07, 6.45) is 13.1. The van der Waals surface area contributed by atoms with E-state index in [2.05, 4.69) is 9.05 Å². The van der Waals surface area contributed by atoms with Gasteiger partial charge in [-0.1, -0.05) is 47.6 Å². The number of phosphoric ester groups is 1. The molecule has 0 atom stereocenters. The highest BCUT2D eigenvalue weighted by atomic mass is 35.5. The van der Waals surface area contributed by atoms with Crippen LogP contribution < -0.4 is 0 Å². The number of benzene rings is 1. The minimum absolute atomic E-state index is 0.109. The molecule has 0 aliphatic carbocycles. The minimum Gasteiger partial charge on any atom is -0.383 e. The van der Waals surface area contributed by atoms with Gasteiger partial charge in [-0.25, -0.2) is 0 Å². The fourth-order valence-electron chi connectivity index (χ4n) is 1.12. The third-order valence-electron chi connectivity index (χ3n) is 1.83. The molecular weight excluding hydrogens is 345 g/mol. The van der Waals surface area contributed by atoms with Crippen LogP contribution in [0.15, 0.2) is 23.7 Å². The minimum atomic E-state index is -4.21. The van der Waals surface area contributed by atoms with Gasteiger partial charge in [0.05, 0.1) is 5.02 Å². The van der Waals surface area contributed by atoms with Gasteiger partial charge in [-0.15, -0.1) is 0 Å². The normalized spacial score (nSPS) is 11.2. The van der Waals surface area contributed by atoms with Crippen LogP contribution in [0.1, 0.15) is 5.56 Å². The number of hydrogen-bond acceptors (Lipinski definition) is 4. The summed E-state index contributed by atoms with van der Waals surface area (Å²) in [6.45, 7) is 0. The van der Waals surface area contributed by atoms with Crippen molar-refractivity contribution < 1.29 is 18.1 Å². The number of rotatable bonds is 5. The van der Waals surface area contributed by atoms with E-state index in [0.717, 1.165) is 5.54 Å². The van der Waals surface area contributed by atoms with E-state index < -0.39 is 7.82 Å². The van der Waals surface area contributed by atoms with Crippen LogP contribution in [-0.2, 0) is 18.1 Å². The van der Waals surface area contributed by atoms with E-state index in [-0.39, 0.29) is 10.8 Å². The van der Waals surface area contributed by atoms with Gasteiger partial charge in [-0.05, 0) is 18.2 Å². The third-order valence-corrected chi connectivity index (χ3v) is 3.66. The maximum absolute atomic E-state index is 12.0. The molecule has 1 rings (SSSR count). The highest BCUT2D eigenvalue weighted by Crippen LogP contribution is 2.53. The molecule has 0 heterocycles. The van der Waals surface area contributed by atoms with E-state index >= 15 is 0 Å². The van der Waals surface area contributed by atoms with Crippen molar-refractivity contribution in [1.82, 2.24) is 0 Å². The third kappa shape index (κ3) is 4.30. The van der Waals surface area contributed by atoms with E-state index in [0.29, 0.717) is 10.6 Å². The molecule has 0 saturated heterocycles. The quantitative estimate of drug-likeness (QED) is 0.431. The van der Waals surface area contributed by atoms with Gasteiger partial charge < -0.3 is 13.6 Å². The van der Waals surface area contributed by atoms with Crippen LogP contribution in [0.2, 0.25) is 10.0 Å². The molecule has 20 heavy (non-hydrogen) atoms. The molecule has 0 amide bonds. The standard InChI is InChI=1S/C12H6Cl3O4P/c1-3-17-20(16,18-4-2)19-12(8-13)10-6-5-9(14)7-11(10)15/h1-2,5-8H/b12-8-. The maximum atomic E-state index is 12.0. The van der Waals surface area contributed by atoms with Crippen molar-refractivity contribution in [2.45, 2.75) is 0 Å². The number of terminal acetylenes is 2. The summed E-state index contributed by atoms with van der Waals surface area (Å²) >= 11 is 17.3. The van der Waals surface area contributed by atoms with E-state index in [1.807, 2.05) is 0 Å². The van der Waals surface area contributed by atoms with Gasteiger partial charge in [0.2, 0.25) is 0 Å². The Labute approximate surface area is 131 Å². The van der Waals surface area contributed by atoms with Crippen LogP contribution in [0, 0.1) is 25.1 Å². The average molecular weight is 352 g/mol. The van der Waals surface area contributed by atoms with Gasteiger partial charge in [-0.3, -0.25) is 0 Å². The first-order valence-corrected chi connectivity index (χ1v) is 7.45. The Morgan fingerprint density at radius 1 is 1.25 bits per heavy atom. The highest BCUT2D eigenvalue weighted by Gasteiger charge is 2.33. The predicted octanol–water partition coefficient (Wildman–Crippen LogP) is 4.87. The van der Waals surface area contributed by atoms with Crippen LogP contribution in [0.25, 0.3) is 5.76 Å². The molecule has 0 N–H and O–H groups in total. The lowest BCUT2D eigenvalue weighted by Gasteiger charge is -2.15. The topological polar surface area (TPSA) is 44.8 Å². The molecular formula is C12H6Cl3O4P. The predicted molar refractivity (Wildman–Crippen MR) is 78.8 cm³/mol. The molecule has 0 spiro atoms. The highest BCUT2D eigenvalue weighted by molar-refractivity contribution is 7.49. The zero-order valence-electron chi connectivity index (χ0n) is 9.68. The SMILES string of the molecule is C#COP(=O)(OC#C)O/C(=C\Cl)c1ccc(Cl)cc1Cl. The van der Waals surface area contributed by atoms with Crippen molar-refractivity contribution in [3.8, 4) is 25.1 Å². The lowest BCUT2D eigenvalue weighted by Crippen LogP contribution is -1.95. The lowest BCUT2D eigenvalue weighted by molar-refractivity contribution is 0.259. The van der Waals surface area contributed by atoms with Crippen molar-refractivity contribution in [3.05, 3.63) is 39.3 Å². The Hall–Kier alpha value is -1.42. The molecule has 4 nitrogen and oxygen atoms in total. The summed E-state index contributed by atoms with van der Waals surface area (Å²) < 4.78 is 25.8. The maximum Gasteiger partial charge on any atom is 0.664 e. The monoisotopic (exact) mass is 350 g/mol. The first-order valence-electron chi connectivity index (χ1n) is 4.79. The van der Waals surface area contributed by atoms with Crippen molar-refractivity contribution in [3.63, 3.8) is 0 Å². The molecule has 0 fully saturated rings. The fraction of sp³-hybridized carbons (Fsp3) is 0. The van der Waals surface area contributed by atoms with Crippen molar-refractivity contribution in [2.24, 2.45) is 0 Å². The van der Waals surface area contributed by atoms with Gasteiger partial charge >= 0.3 is 7.82 Å². The van der Waals surface area contributed by atoms with Gasteiger partial charge in [0.1, 0.15) is 12.2 Å². The Kier molecular flexibility index (Phi) is 6.14. The Morgan fingerprint density at radius 3 is 2.30 bits per heavy atom. The fourth-order valence-corrected chi connectivity index (χ4v) is 2.61. The second kappa shape index (κ2) is 7.39. The first-order chi connectivity index (χ1) is 9.45. The molecule has 1 aromatic carbocycles. The zero-order valence-corrected chi connectivity index (χ0v) is 12.8. The van der Waals surface area contributed by atoms with E-state index in [4.69, 9.17) is 52.2 Å². The van der Waals surface area contributed by atoms with Gasteiger partial charge in [0, 0.05) is 16.1 Å². The largest absolute Gasteiger partial charge is 0.664 e. The van der Waals surface area contributed by atoms with Crippen LogP contribution in [-0.4, -0.2) is 0 Å². The lowest BCUT2D eigenvalue weighted by atomic mass is 10.2. The number of halogens is 3. The molecule has 0 aromatic heterocycles. The number of phosphoric acid groups is 1. The van der Waals surface area contributed by atoms with Crippen molar-refractivity contribution in [2.75, 3.05) is 0 Å². The molecule has 0 unspecified atom stereocenters. The summed E-state index contributed by atoms with van der Waals surface area (Å²) in [5.74, 6) is -0.109. The van der Waals surface area contributed by atoms with Crippen LogP contribution in [0.3, 0.4) is 0 Å². The first kappa shape index (κ1) is 16.6. The Balaban J connectivity index is 3.13. The molecule has 0 aliphatic heterocycles. The van der Waals surface area contributed by atoms with Gasteiger partial charge in [0.15, 0.2) is 5.76 Å². The molecule has 104 valence electrons. The molecule has 8 heteroatoms. The molecule has 0 aliphatic rings. The van der Waals surface area contributed by atoms with Crippen LogP contribution in [0.4, 0.5) is 0 Å². The Bertz CT molecular complexity index is 638. The molecule has 0 saturated carbocycles. The average Bonchev–Trinajstić information content (AvgIpc) is 2.37. The molecule has 1 aromatic rings. The van der Waals surface area contributed by atoms with E-state index in [1.165, 1.54) is 18.2 Å². The summed E-state index contributed by atoms with van der Waals surface area (Å²) in [7, 11) is -4.21. The Morgan fingerprint density at radius 2 is 1.85 bits per heavy atom. The summed E-state index contributed by atoms with van der Waals surface area (Å²) in [5, 5.41) is 0.605. The van der Waals surface area contributed by atoms with Crippen molar-refractivity contribution >= 4 is 48.4 Å². The smallest absolute Gasteiger partial charge is 0.383 e. The van der Waals surface area contributed by atoms with E-state index in [9.17, 15) is 4.57 Å².